The summed E-state index contributed by atoms with van der Waals surface area (Å²) in [5.74, 6) is 0. The molecule has 0 aromatic rings. The van der Waals surface area contributed by atoms with Crippen molar-refractivity contribution in [2.75, 3.05) is 13.6 Å². The molecular formula is C7H16N2. The molecule has 0 aliphatic carbocycles. The molecule has 0 spiro atoms. The van der Waals surface area contributed by atoms with Crippen molar-refractivity contribution < 1.29 is 0 Å². The highest BCUT2D eigenvalue weighted by Gasteiger charge is 2.15. The molecule has 9 heavy (non-hydrogen) atoms. The van der Waals surface area contributed by atoms with Crippen LogP contribution in [0.3, 0.4) is 0 Å². The highest BCUT2D eigenvalue weighted by molar-refractivity contribution is 4.68. The maximum Gasteiger partial charge on any atom is 0.0215 e. The van der Waals surface area contributed by atoms with Crippen molar-refractivity contribution >= 4 is 0 Å². The van der Waals surface area contributed by atoms with E-state index < -0.39 is 0 Å². The minimum Gasteiger partial charge on any atom is -0.258 e. The van der Waals surface area contributed by atoms with Crippen LogP contribution in [0.1, 0.15) is 26.2 Å². The molecular weight excluding hydrogens is 112 g/mol. The molecule has 0 bridgehead atoms. The molecule has 2 nitrogen and oxygen atoms in total. The second kappa shape index (κ2) is 3.18. The lowest BCUT2D eigenvalue weighted by molar-refractivity contribution is 0.110. The minimum absolute atomic E-state index is 0.740. The summed E-state index contributed by atoms with van der Waals surface area (Å²) in [7, 11) is 2.00. The van der Waals surface area contributed by atoms with E-state index in [-0.39, 0.29) is 0 Å². The third-order valence-corrected chi connectivity index (χ3v) is 2.09. The molecule has 0 saturated carbocycles. The van der Waals surface area contributed by atoms with Crippen LogP contribution in [0.2, 0.25) is 0 Å². The zero-order valence-electron chi connectivity index (χ0n) is 6.35. The van der Waals surface area contributed by atoms with Gasteiger partial charge < -0.3 is 0 Å². The smallest absolute Gasteiger partial charge is 0.0215 e. The molecule has 1 atom stereocenters. The second-order valence-corrected chi connectivity index (χ2v) is 2.76. The summed E-state index contributed by atoms with van der Waals surface area (Å²) in [6.45, 7) is 3.49. The molecule has 54 valence electrons. The number of rotatable bonds is 1. The minimum atomic E-state index is 0.740. The van der Waals surface area contributed by atoms with Gasteiger partial charge in [-0.15, -0.1) is 0 Å². The third kappa shape index (κ3) is 1.66. The van der Waals surface area contributed by atoms with Gasteiger partial charge in [0.15, 0.2) is 0 Å². The zero-order valence-corrected chi connectivity index (χ0v) is 6.35. The fraction of sp³-hybridized carbons (Fsp3) is 1.00. The SMILES string of the molecule is CNN1CCCC[C@@H]1C. The van der Waals surface area contributed by atoms with Crippen LogP contribution in [0.5, 0.6) is 0 Å². The molecule has 0 aromatic heterocycles. The first-order valence-electron chi connectivity index (χ1n) is 3.78. The maximum absolute atomic E-state index is 3.19. The highest BCUT2D eigenvalue weighted by Crippen LogP contribution is 2.12. The van der Waals surface area contributed by atoms with Crippen molar-refractivity contribution in [2.45, 2.75) is 32.2 Å². The van der Waals surface area contributed by atoms with Crippen LogP contribution in [-0.2, 0) is 0 Å². The number of hydrogen-bond acceptors (Lipinski definition) is 2. The van der Waals surface area contributed by atoms with E-state index in [1.54, 1.807) is 0 Å². The summed E-state index contributed by atoms with van der Waals surface area (Å²) < 4.78 is 0. The summed E-state index contributed by atoms with van der Waals surface area (Å²) in [6, 6.07) is 0.740. The van der Waals surface area contributed by atoms with Crippen LogP contribution in [0.15, 0.2) is 0 Å². The van der Waals surface area contributed by atoms with E-state index in [0.29, 0.717) is 0 Å². The van der Waals surface area contributed by atoms with Crippen LogP contribution in [0.25, 0.3) is 0 Å². The van der Waals surface area contributed by atoms with E-state index in [1.807, 2.05) is 7.05 Å². The van der Waals surface area contributed by atoms with Gasteiger partial charge in [-0.3, -0.25) is 5.43 Å². The molecule has 0 radical (unpaired) electrons. The number of hydrogen-bond donors (Lipinski definition) is 1. The van der Waals surface area contributed by atoms with Gasteiger partial charge in [0.1, 0.15) is 0 Å². The Bertz CT molecular complexity index is 83.0. The van der Waals surface area contributed by atoms with E-state index in [1.165, 1.54) is 25.8 Å². The quantitative estimate of drug-likeness (QED) is 0.566. The molecule has 2 heteroatoms. The Balaban J connectivity index is 2.30. The van der Waals surface area contributed by atoms with Crippen LogP contribution in [-0.4, -0.2) is 24.6 Å². The van der Waals surface area contributed by atoms with E-state index in [4.69, 9.17) is 0 Å². The first-order valence-corrected chi connectivity index (χ1v) is 3.78. The summed E-state index contributed by atoms with van der Waals surface area (Å²) in [5.41, 5.74) is 3.19. The number of nitrogens with one attached hydrogen (secondary N) is 1. The van der Waals surface area contributed by atoms with Crippen LogP contribution in [0.4, 0.5) is 0 Å². The molecule has 0 amide bonds. The summed E-state index contributed by atoms with van der Waals surface area (Å²) in [5, 5.41) is 2.31. The number of piperidine rings is 1. The van der Waals surface area contributed by atoms with Crippen molar-refractivity contribution in [3.05, 3.63) is 0 Å². The van der Waals surface area contributed by atoms with E-state index in [2.05, 4.69) is 17.4 Å². The Morgan fingerprint density at radius 3 is 2.67 bits per heavy atom. The largest absolute Gasteiger partial charge is 0.258 e. The van der Waals surface area contributed by atoms with Crippen molar-refractivity contribution in [3.8, 4) is 0 Å². The van der Waals surface area contributed by atoms with Crippen molar-refractivity contribution in [3.63, 3.8) is 0 Å². The summed E-state index contributed by atoms with van der Waals surface area (Å²) in [4.78, 5) is 0. The Hall–Kier alpha value is -0.0800. The zero-order chi connectivity index (χ0) is 6.69. The van der Waals surface area contributed by atoms with E-state index >= 15 is 0 Å². The van der Waals surface area contributed by atoms with Gasteiger partial charge in [0, 0.05) is 12.6 Å². The molecule has 1 rings (SSSR count). The van der Waals surface area contributed by atoms with Gasteiger partial charge in [-0.05, 0) is 26.8 Å². The second-order valence-electron chi connectivity index (χ2n) is 2.76. The normalized spacial score (nSPS) is 30.7. The molecule has 0 aromatic carbocycles. The van der Waals surface area contributed by atoms with E-state index in [0.717, 1.165) is 6.04 Å². The topological polar surface area (TPSA) is 15.3 Å². The lowest BCUT2D eigenvalue weighted by Gasteiger charge is -2.32. The number of nitrogens with zero attached hydrogens (tertiary/aromatic N) is 1. The fourth-order valence-electron chi connectivity index (χ4n) is 1.43. The summed E-state index contributed by atoms with van der Waals surface area (Å²) in [6.07, 6.45) is 4.10. The monoisotopic (exact) mass is 128 g/mol. The first-order chi connectivity index (χ1) is 4.34. The van der Waals surface area contributed by atoms with Gasteiger partial charge in [0.05, 0.1) is 0 Å². The molecule has 1 fully saturated rings. The first kappa shape index (κ1) is 7.03. The highest BCUT2D eigenvalue weighted by atomic mass is 15.5. The standard InChI is InChI=1S/C7H16N2/c1-7-5-3-4-6-9(7)8-2/h7-8H,3-6H2,1-2H3/t7-/m0/s1. The summed E-state index contributed by atoms with van der Waals surface area (Å²) >= 11 is 0. The van der Waals surface area contributed by atoms with Gasteiger partial charge in [-0.1, -0.05) is 6.42 Å². The van der Waals surface area contributed by atoms with E-state index in [9.17, 15) is 0 Å². The van der Waals surface area contributed by atoms with Crippen LogP contribution >= 0.6 is 0 Å². The van der Waals surface area contributed by atoms with Crippen LogP contribution < -0.4 is 5.43 Å². The number of hydrazine groups is 1. The molecule has 1 heterocycles. The molecule has 1 aliphatic heterocycles. The van der Waals surface area contributed by atoms with Gasteiger partial charge in [0.2, 0.25) is 0 Å². The molecule has 1 N–H and O–H groups in total. The predicted molar refractivity (Wildman–Crippen MR) is 39.1 cm³/mol. The van der Waals surface area contributed by atoms with Crippen molar-refractivity contribution in [1.29, 1.82) is 0 Å². The van der Waals surface area contributed by atoms with Crippen LogP contribution in [0, 0.1) is 0 Å². The van der Waals surface area contributed by atoms with Gasteiger partial charge in [-0.2, -0.15) is 0 Å². The lowest BCUT2D eigenvalue weighted by Crippen LogP contribution is -2.45. The van der Waals surface area contributed by atoms with Gasteiger partial charge in [-0.25, -0.2) is 5.01 Å². The lowest BCUT2D eigenvalue weighted by atomic mass is 10.1. The molecule has 1 saturated heterocycles. The Kier molecular flexibility index (Phi) is 2.49. The average molecular weight is 128 g/mol. The Morgan fingerprint density at radius 2 is 2.22 bits per heavy atom. The fourth-order valence-corrected chi connectivity index (χ4v) is 1.43. The molecule has 0 unspecified atom stereocenters. The molecule has 1 aliphatic rings. The average Bonchev–Trinajstić information content (AvgIpc) is 1.89. The Morgan fingerprint density at radius 1 is 1.44 bits per heavy atom. The third-order valence-electron chi connectivity index (χ3n) is 2.09. The Labute approximate surface area is 57.2 Å². The van der Waals surface area contributed by atoms with Gasteiger partial charge >= 0.3 is 0 Å². The predicted octanol–water partition coefficient (Wildman–Crippen LogP) is 0.995. The maximum atomic E-state index is 3.19. The van der Waals surface area contributed by atoms with Crippen molar-refractivity contribution in [2.24, 2.45) is 0 Å². The van der Waals surface area contributed by atoms with Crippen molar-refractivity contribution in [1.82, 2.24) is 10.4 Å². The van der Waals surface area contributed by atoms with Gasteiger partial charge in [0.25, 0.3) is 0 Å².